The van der Waals surface area contributed by atoms with Crippen molar-refractivity contribution in [1.29, 1.82) is 0 Å². The van der Waals surface area contributed by atoms with E-state index in [1.807, 2.05) is 60.7 Å². The van der Waals surface area contributed by atoms with Gasteiger partial charge in [0.1, 0.15) is 0 Å². The fraction of sp³-hybridized carbons (Fsp3) is 0.393. The van der Waals surface area contributed by atoms with Crippen molar-refractivity contribution in [2.24, 2.45) is 0 Å². The summed E-state index contributed by atoms with van der Waals surface area (Å²) in [4.78, 5) is 0. The summed E-state index contributed by atoms with van der Waals surface area (Å²) in [6, 6.07) is 24.4. The average molecular weight is 481 g/mol. The number of benzene rings is 1. The minimum Gasteiger partial charge on any atom is -0.698 e. The van der Waals surface area contributed by atoms with Crippen molar-refractivity contribution in [1.82, 2.24) is 0 Å². The Hall–Kier alpha value is -1.40. The molecule has 0 saturated carbocycles. The summed E-state index contributed by atoms with van der Waals surface area (Å²) in [6.07, 6.45) is 0. The molecule has 0 fully saturated rings. The van der Waals surface area contributed by atoms with Gasteiger partial charge in [-0.25, -0.2) is 24.3 Å². The van der Waals surface area contributed by atoms with Crippen LogP contribution >= 0.6 is 0 Å². The molecule has 1 nitrogen and oxygen atoms in total. The Morgan fingerprint density at radius 3 is 1.27 bits per heavy atom. The van der Waals surface area contributed by atoms with E-state index >= 15 is 0 Å². The van der Waals surface area contributed by atoms with Gasteiger partial charge in [-0.15, -0.1) is 11.1 Å². The number of hydrogen-bond donors (Lipinski definition) is 0. The summed E-state index contributed by atoms with van der Waals surface area (Å²) in [6.45, 7) is 21.6. The van der Waals surface area contributed by atoms with E-state index in [9.17, 15) is 0 Å². The van der Waals surface area contributed by atoms with Crippen LogP contribution in [0.3, 0.4) is 0 Å². The molecule has 0 aromatic heterocycles. The van der Waals surface area contributed by atoms with Crippen molar-refractivity contribution < 1.29 is 26.2 Å². The van der Waals surface area contributed by atoms with Crippen LogP contribution in [0.15, 0.2) is 72.8 Å². The van der Waals surface area contributed by atoms with Crippen LogP contribution in [-0.4, -0.2) is 0 Å². The van der Waals surface area contributed by atoms with Crippen LogP contribution in [0.5, 0.6) is 0 Å². The monoisotopic (exact) mass is 479 g/mol. The summed E-state index contributed by atoms with van der Waals surface area (Å²) < 4.78 is 0. The molecule has 0 bridgehead atoms. The minimum atomic E-state index is -0.238. The van der Waals surface area contributed by atoms with Crippen LogP contribution in [0, 0.1) is 6.92 Å². The van der Waals surface area contributed by atoms with Crippen molar-refractivity contribution in [3.8, 4) is 0 Å². The van der Waals surface area contributed by atoms with Gasteiger partial charge in [-0.05, 0) is 16.4 Å². The molecule has 2 heteroatoms. The third-order valence-electron chi connectivity index (χ3n) is 4.65. The van der Waals surface area contributed by atoms with E-state index in [-0.39, 0.29) is 42.4 Å². The Kier molecular flexibility index (Phi) is 11.3. The second-order valence-corrected chi connectivity index (χ2v) is 10.3. The molecule has 0 heterocycles. The third-order valence-corrected chi connectivity index (χ3v) is 4.65. The molecule has 30 heavy (non-hydrogen) atoms. The Labute approximate surface area is 205 Å². The predicted molar refractivity (Wildman–Crippen MR) is 130 cm³/mol. The van der Waals surface area contributed by atoms with E-state index in [2.05, 4.69) is 74.4 Å². The standard InChI is InChI=1S/C18H29N.2C5H5.Zr/c1-16(2,3)12-10-13(17(4,5)6)15(19)14(11-12)18(7,8)9;2*1-2-4-5-3-1;/h10-11,19H,4H2,1-3,5-9H3;2*1-5H;/q-2;2*-1;. The van der Waals surface area contributed by atoms with Crippen molar-refractivity contribution in [2.75, 3.05) is 0 Å². The molecule has 0 spiro atoms. The van der Waals surface area contributed by atoms with Crippen molar-refractivity contribution in [2.45, 2.75) is 71.6 Å². The van der Waals surface area contributed by atoms with Crippen LogP contribution in [-0.2, 0) is 42.4 Å². The molecule has 0 aliphatic carbocycles. The molecular formula is C28H39NZr-4. The molecule has 3 aromatic carbocycles. The first-order valence-electron chi connectivity index (χ1n) is 10.3. The Balaban J connectivity index is 0.000000617. The molecule has 0 atom stereocenters. The second-order valence-electron chi connectivity index (χ2n) is 10.3. The van der Waals surface area contributed by atoms with Gasteiger partial charge in [0.15, 0.2) is 0 Å². The molecule has 0 aliphatic heterocycles. The predicted octanol–water partition coefficient (Wildman–Crippen LogP) is 8.89. The minimum absolute atomic E-state index is 0. The zero-order valence-electron chi connectivity index (χ0n) is 20.1. The van der Waals surface area contributed by atoms with Gasteiger partial charge < -0.3 is 12.7 Å². The second kappa shape index (κ2) is 11.8. The van der Waals surface area contributed by atoms with E-state index in [1.54, 1.807) is 0 Å². The Bertz CT molecular complexity index is 709. The maximum absolute atomic E-state index is 8.52. The normalized spacial score (nSPS) is 11.4. The van der Waals surface area contributed by atoms with Crippen LogP contribution in [0.1, 0.15) is 72.1 Å². The molecule has 164 valence electrons. The number of nitrogens with one attached hydrogen (secondary N) is 1. The first kappa shape index (κ1) is 28.6. The van der Waals surface area contributed by atoms with E-state index in [4.69, 9.17) is 5.73 Å². The van der Waals surface area contributed by atoms with Crippen LogP contribution in [0.4, 0.5) is 5.69 Å². The molecule has 0 saturated heterocycles. The van der Waals surface area contributed by atoms with Gasteiger partial charge in [0.2, 0.25) is 0 Å². The molecule has 3 aromatic rings. The topological polar surface area (TPSA) is 23.8 Å². The first-order valence-corrected chi connectivity index (χ1v) is 10.3. The van der Waals surface area contributed by atoms with Crippen LogP contribution in [0.2, 0.25) is 0 Å². The third kappa shape index (κ3) is 9.61. The van der Waals surface area contributed by atoms with E-state index in [0.29, 0.717) is 5.69 Å². The Morgan fingerprint density at radius 1 is 0.667 bits per heavy atom. The van der Waals surface area contributed by atoms with Gasteiger partial charge >= 0.3 is 0 Å². The van der Waals surface area contributed by atoms with Gasteiger partial charge in [0.25, 0.3) is 0 Å². The molecular weight excluding hydrogens is 442 g/mol. The van der Waals surface area contributed by atoms with Gasteiger partial charge in [0, 0.05) is 26.2 Å². The van der Waals surface area contributed by atoms with Crippen molar-refractivity contribution >= 4 is 5.69 Å². The fourth-order valence-electron chi connectivity index (χ4n) is 2.84. The summed E-state index contributed by atoms with van der Waals surface area (Å²) in [7, 11) is 0. The maximum Gasteiger partial charge on any atom is 0 e. The molecule has 3 rings (SSSR count). The summed E-state index contributed by atoms with van der Waals surface area (Å²) in [5.74, 6) is 0. The van der Waals surface area contributed by atoms with Crippen LogP contribution < -0.4 is 0 Å². The number of hydrogen-bond acceptors (Lipinski definition) is 0. The average Bonchev–Trinajstić information content (AvgIpc) is 3.30. The maximum atomic E-state index is 8.52. The molecule has 1 N–H and O–H groups in total. The largest absolute Gasteiger partial charge is 0.698 e. The zero-order chi connectivity index (χ0) is 22.3. The Morgan fingerprint density at radius 2 is 1.03 bits per heavy atom. The van der Waals surface area contributed by atoms with Crippen LogP contribution in [0.25, 0.3) is 5.73 Å². The molecule has 0 unspecified atom stereocenters. The molecule has 0 amide bonds. The smallest absolute Gasteiger partial charge is 0 e. The zero-order valence-corrected chi connectivity index (χ0v) is 22.6. The van der Waals surface area contributed by atoms with Gasteiger partial charge in [-0.3, -0.25) is 0 Å². The summed E-state index contributed by atoms with van der Waals surface area (Å²) >= 11 is 0. The van der Waals surface area contributed by atoms with Crippen molar-refractivity contribution in [3.05, 3.63) is 102 Å². The number of rotatable bonds is 1. The van der Waals surface area contributed by atoms with E-state index in [0.717, 1.165) is 11.1 Å². The van der Waals surface area contributed by atoms with E-state index < -0.39 is 0 Å². The SMILES string of the molecule is [CH2-]C(C)(C)c1cc(C(C)(C)C)cc(C(C)(C)C)c1[NH-].[Zr].c1cc[cH-]c1.c1cc[cH-]c1. The summed E-state index contributed by atoms with van der Waals surface area (Å²) in [5.41, 5.74) is 12.5. The first-order chi connectivity index (χ1) is 13.2. The van der Waals surface area contributed by atoms with E-state index in [1.165, 1.54) is 5.56 Å². The summed E-state index contributed by atoms with van der Waals surface area (Å²) in [5, 5.41) is 0. The molecule has 0 aliphatic rings. The van der Waals surface area contributed by atoms with Crippen molar-refractivity contribution in [3.63, 3.8) is 0 Å². The van der Waals surface area contributed by atoms with Gasteiger partial charge in [0.05, 0.1) is 0 Å². The fourth-order valence-corrected chi connectivity index (χ4v) is 2.84. The van der Waals surface area contributed by atoms with Gasteiger partial charge in [-0.2, -0.15) is 36.4 Å². The quantitative estimate of drug-likeness (QED) is 0.310. The molecule has 0 radical (unpaired) electrons. The van der Waals surface area contributed by atoms with Gasteiger partial charge in [-0.1, -0.05) is 78.6 Å².